The van der Waals surface area contributed by atoms with Crippen LogP contribution in [0.5, 0.6) is 17.2 Å². The number of hydrogen-bond acceptors (Lipinski definition) is 6. The Morgan fingerprint density at radius 1 is 0.674 bits per heavy atom. The summed E-state index contributed by atoms with van der Waals surface area (Å²) < 4.78 is 19.7. The van der Waals surface area contributed by atoms with E-state index in [1.807, 2.05) is 49.4 Å². The molecule has 2 aliphatic rings. The molecule has 0 radical (unpaired) electrons. The van der Waals surface area contributed by atoms with E-state index in [0.717, 1.165) is 63.7 Å². The summed E-state index contributed by atoms with van der Waals surface area (Å²) in [7, 11) is 0. The number of anilines is 4. The van der Waals surface area contributed by atoms with Crippen LogP contribution in [-0.2, 0) is 10.3 Å². The number of ether oxygens (including phenoxy) is 3. The molecule has 232 valence electrons. The molecule has 1 atom stereocenters. The normalized spacial score (nSPS) is 15.8. The lowest BCUT2D eigenvalue weighted by molar-refractivity contribution is 0.0224. The van der Waals surface area contributed by atoms with Crippen LogP contribution >= 0.6 is 0 Å². The minimum absolute atomic E-state index is 0.354. The molecular formula is C40H38N2O4. The van der Waals surface area contributed by atoms with Gasteiger partial charge in [-0.05, 0) is 82.1 Å². The van der Waals surface area contributed by atoms with Gasteiger partial charge < -0.3 is 24.0 Å². The van der Waals surface area contributed by atoms with Gasteiger partial charge in [0.25, 0.3) is 0 Å². The lowest BCUT2D eigenvalue weighted by atomic mass is 9.77. The summed E-state index contributed by atoms with van der Waals surface area (Å²) in [5.74, 6) is 1.57. The highest BCUT2D eigenvalue weighted by atomic mass is 16.6. The van der Waals surface area contributed by atoms with Crippen molar-refractivity contribution in [2.45, 2.75) is 40.2 Å². The summed E-state index contributed by atoms with van der Waals surface area (Å²) in [6, 6.07) is 34.6. The van der Waals surface area contributed by atoms with Gasteiger partial charge in [-0.3, -0.25) is 0 Å². The summed E-state index contributed by atoms with van der Waals surface area (Å²) in [6.45, 7) is 12.7. The Labute approximate surface area is 270 Å². The fraction of sp³-hybridized carbons (Fsp3) is 0.225. The molecule has 1 spiro atoms. The number of hydrogen-bond donors (Lipinski definition) is 0. The molecule has 0 amide bonds. The van der Waals surface area contributed by atoms with E-state index in [0.29, 0.717) is 29.4 Å². The Hall–Kier alpha value is -5.23. The average Bonchev–Trinajstić information content (AvgIpc) is 3.36. The summed E-state index contributed by atoms with van der Waals surface area (Å²) in [5, 5.41) is 0. The Kier molecular flexibility index (Phi) is 7.44. The third-order valence-corrected chi connectivity index (χ3v) is 9.16. The van der Waals surface area contributed by atoms with Gasteiger partial charge in [-0.1, -0.05) is 54.6 Å². The number of aryl methyl sites for hydroxylation is 2. The van der Waals surface area contributed by atoms with E-state index in [1.165, 1.54) is 0 Å². The minimum atomic E-state index is -1.21. The van der Waals surface area contributed by atoms with E-state index < -0.39 is 5.60 Å². The van der Waals surface area contributed by atoms with Crippen LogP contribution in [0.1, 0.15) is 58.9 Å². The van der Waals surface area contributed by atoms with Crippen LogP contribution in [0.15, 0.2) is 103 Å². The molecule has 2 aliphatic heterocycles. The largest absolute Gasteiger partial charge is 0.492 e. The minimum Gasteiger partial charge on any atom is -0.492 e. The number of rotatable bonds is 8. The maximum absolute atomic E-state index is 13.6. The molecule has 6 heteroatoms. The molecule has 0 N–H and O–H groups in total. The van der Waals surface area contributed by atoms with Gasteiger partial charge in [0.2, 0.25) is 0 Å². The van der Waals surface area contributed by atoms with E-state index in [-0.39, 0.29) is 5.97 Å². The number of carbonyl (C=O) groups is 1. The molecule has 0 saturated heterocycles. The van der Waals surface area contributed by atoms with E-state index in [4.69, 9.17) is 14.2 Å². The fourth-order valence-electron chi connectivity index (χ4n) is 6.93. The SMILES string of the molecule is CCOc1cc2c(cc1N(c1ccccc1C)c1ccccc1C)C1(OC(=O)c3ccccc31)c1ccc(N(CC)CC)cc1O2. The number of esters is 1. The molecule has 6 nitrogen and oxygen atoms in total. The predicted octanol–water partition coefficient (Wildman–Crippen LogP) is 9.59. The van der Waals surface area contributed by atoms with E-state index in [9.17, 15) is 4.79 Å². The van der Waals surface area contributed by atoms with Gasteiger partial charge in [0.15, 0.2) is 5.60 Å². The first-order chi connectivity index (χ1) is 22.4. The number of nitrogens with zero attached hydrogens (tertiary/aromatic N) is 2. The van der Waals surface area contributed by atoms with Gasteiger partial charge in [-0.2, -0.15) is 0 Å². The monoisotopic (exact) mass is 610 g/mol. The van der Waals surface area contributed by atoms with Crippen molar-refractivity contribution in [2.24, 2.45) is 0 Å². The molecule has 5 aromatic carbocycles. The van der Waals surface area contributed by atoms with Crippen LogP contribution in [0.3, 0.4) is 0 Å². The molecule has 1 unspecified atom stereocenters. The summed E-state index contributed by atoms with van der Waals surface area (Å²) in [5.41, 5.74) is 7.85. The highest BCUT2D eigenvalue weighted by Gasteiger charge is 2.54. The Bertz CT molecular complexity index is 1920. The third-order valence-electron chi connectivity index (χ3n) is 9.16. The van der Waals surface area contributed by atoms with Crippen molar-refractivity contribution in [3.05, 3.63) is 137 Å². The molecule has 0 aromatic heterocycles. The molecular weight excluding hydrogens is 572 g/mol. The number of benzene rings is 5. The standard InChI is InChI=1S/C40H38N2O4/c1-6-41(7-2)28-21-22-31-36(23-28)45-37-25-38(44-8-3)35(24-32(37)40(31)30-18-12-11-17-29(30)39(43)46-40)42(33-19-13-9-15-26(33)4)34-20-14-10-16-27(34)5/h9-25H,6-8H2,1-5H3. The number of carbonyl (C=O) groups excluding carboxylic acids is 1. The van der Waals surface area contributed by atoms with Crippen molar-refractivity contribution in [2.75, 3.05) is 29.5 Å². The number of fused-ring (bicyclic) bond motifs is 6. The van der Waals surface area contributed by atoms with E-state index in [1.54, 1.807) is 0 Å². The van der Waals surface area contributed by atoms with Crippen LogP contribution in [0, 0.1) is 13.8 Å². The quantitative estimate of drug-likeness (QED) is 0.163. The van der Waals surface area contributed by atoms with Crippen LogP contribution in [0.2, 0.25) is 0 Å². The zero-order chi connectivity index (χ0) is 32.0. The Morgan fingerprint density at radius 3 is 1.96 bits per heavy atom. The molecule has 2 heterocycles. The highest BCUT2D eigenvalue weighted by Crippen LogP contribution is 2.59. The van der Waals surface area contributed by atoms with Gasteiger partial charge in [-0.15, -0.1) is 0 Å². The van der Waals surface area contributed by atoms with Crippen molar-refractivity contribution in [1.29, 1.82) is 0 Å². The zero-order valence-electron chi connectivity index (χ0n) is 27.0. The second kappa shape index (κ2) is 11.6. The molecule has 0 bridgehead atoms. The first kappa shape index (κ1) is 29.5. The van der Waals surface area contributed by atoms with Crippen LogP contribution in [0.4, 0.5) is 22.7 Å². The fourth-order valence-corrected chi connectivity index (χ4v) is 6.93. The van der Waals surface area contributed by atoms with Gasteiger partial charge >= 0.3 is 5.97 Å². The first-order valence-electron chi connectivity index (χ1n) is 16.0. The van der Waals surface area contributed by atoms with Crippen LogP contribution in [-0.4, -0.2) is 25.7 Å². The average molecular weight is 611 g/mol. The smallest absolute Gasteiger partial charge is 0.340 e. The highest BCUT2D eigenvalue weighted by molar-refractivity contribution is 5.97. The second-order valence-electron chi connectivity index (χ2n) is 11.7. The third kappa shape index (κ3) is 4.51. The van der Waals surface area contributed by atoms with E-state index in [2.05, 4.69) is 98.2 Å². The van der Waals surface area contributed by atoms with Crippen molar-refractivity contribution < 1.29 is 19.0 Å². The zero-order valence-corrected chi connectivity index (χ0v) is 27.0. The van der Waals surface area contributed by atoms with Crippen LogP contribution in [0.25, 0.3) is 0 Å². The topological polar surface area (TPSA) is 51.2 Å². The van der Waals surface area contributed by atoms with Gasteiger partial charge in [0, 0.05) is 59.0 Å². The van der Waals surface area contributed by atoms with Crippen molar-refractivity contribution in [3.63, 3.8) is 0 Å². The molecule has 0 aliphatic carbocycles. The van der Waals surface area contributed by atoms with Crippen molar-refractivity contribution in [3.8, 4) is 17.2 Å². The Morgan fingerprint density at radius 2 is 1.30 bits per heavy atom. The van der Waals surface area contributed by atoms with Gasteiger partial charge in [0.1, 0.15) is 17.2 Å². The molecule has 5 aromatic rings. The lowest BCUT2D eigenvalue weighted by Crippen LogP contribution is -2.33. The van der Waals surface area contributed by atoms with E-state index >= 15 is 0 Å². The first-order valence-corrected chi connectivity index (χ1v) is 16.0. The van der Waals surface area contributed by atoms with Crippen molar-refractivity contribution in [1.82, 2.24) is 0 Å². The molecule has 7 rings (SSSR count). The summed E-state index contributed by atoms with van der Waals surface area (Å²) in [6.07, 6.45) is 0. The van der Waals surface area contributed by atoms with Crippen LogP contribution < -0.4 is 19.3 Å². The summed E-state index contributed by atoms with van der Waals surface area (Å²) in [4.78, 5) is 18.2. The molecule has 0 saturated carbocycles. The summed E-state index contributed by atoms with van der Waals surface area (Å²) >= 11 is 0. The maximum Gasteiger partial charge on any atom is 0.340 e. The predicted molar refractivity (Wildman–Crippen MR) is 184 cm³/mol. The molecule has 46 heavy (non-hydrogen) atoms. The maximum atomic E-state index is 13.6. The lowest BCUT2D eigenvalue weighted by Gasteiger charge is -2.39. The van der Waals surface area contributed by atoms with Crippen molar-refractivity contribution >= 4 is 28.7 Å². The van der Waals surface area contributed by atoms with Gasteiger partial charge in [-0.25, -0.2) is 4.79 Å². The second-order valence-corrected chi connectivity index (χ2v) is 11.7. The molecule has 0 fully saturated rings. The Balaban J connectivity index is 1.54. The number of para-hydroxylation sites is 2. The van der Waals surface area contributed by atoms with Gasteiger partial charge in [0.05, 0.1) is 17.9 Å².